The first-order valence-corrected chi connectivity index (χ1v) is 14.2. The van der Waals surface area contributed by atoms with Crippen molar-refractivity contribution in [2.75, 3.05) is 6.61 Å². The van der Waals surface area contributed by atoms with Gasteiger partial charge in [0, 0.05) is 11.6 Å². The lowest BCUT2D eigenvalue weighted by Gasteiger charge is -2.09. The number of carbonyl (C=O) groups excluding carboxylic acids is 1. The van der Waals surface area contributed by atoms with Crippen LogP contribution in [0.2, 0.25) is 0 Å². The zero-order chi connectivity index (χ0) is 27.0. The van der Waals surface area contributed by atoms with Crippen molar-refractivity contribution in [2.45, 2.75) is 90.9 Å². The molecule has 0 aliphatic rings. The van der Waals surface area contributed by atoms with Crippen LogP contribution in [0.3, 0.4) is 0 Å². The molecule has 0 radical (unpaired) electrons. The maximum atomic E-state index is 14.5. The number of nitrogens with zero attached hydrogens (tertiary/aromatic N) is 2. The second-order valence-electron chi connectivity index (χ2n) is 9.75. The van der Waals surface area contributed by atoms with E-state index in [0.29, 0.717) is 18.2 Å². The molecule has 0 aliphatic carbocycles. The van der Waals surface area contributed by atoms with Crippen molar-refractivity contribution in [3.63, 3.8) is 0 Å². The fraction of sp³-hybridized carbons (Fsp3) is 0.469. The summed E-state index contributed by atoms with van der Waals surface area (Å²) < 4.78 is 25.4. The Hall–Kier alpha value is -3.28. The topological polar surface area (TPSA) is 61.3 Å². The molecule has 1 aromatic heterocycles. The van der Waals surface area contributed by atoms with Crippen LogP contribution in [-0.4, -0.2) is 22.5 Å². The van der Waals surface area contributed by atoms with Gasteiger partial charge in [-0.15, -0.1) is 0 Å². The smallest absolute Gasteiger partial charge is 0.346 e. The summed E-state index contributed by atoms with van der Waals surface area (Å²) in [7, 11) is 0. The van der Waals surface area contributed by atoms with Crippen LogP contribution < -0.4 is 9.47 Å². The number of hydrogen-bond acceptors (Lipinski definition) is 5. The van der Waals surface area contributed by atoms with Gasteiger partial charge in [-0.3, -0.25) is 0 Å². The molecular formula is C32H41FN2O3. The third kappa shape index (κ3) is 9.88. The van der Waals surface area contributed by atoms with Gasteiger partial charge in [0.25, 0.3) is 0 Å². The molecule has 1 heterocycles. The van der Waals surface area contributed by atoms with Crippen molar-refractivity contribution < 1.29 is 18.7 Å². The minimum atomic E-state index is -0.803. The van der Waals surface area contributed by atoms with Gasteiger partial charge in [-0.05, 0) is 37.0 Å². The lowest BCUT2D eigenvalue weighted by Crippen LogP contribution is -2.11. The number of unbranched alkanes of at least 4 members (excludes halogenated alkanes) is 9. The summed E-state index contributed by atoms with van der Waals surface area (Å²) in [4.78, 5) is 21.1. The summed E-state index contributed by atoms with van der Waals surface area (Å²) in [6.45, 7) is 4.91. The number of ether oxygens (including phenoxy) is 2. The van der Waals surface area contributed by atoms with E-state index in [2.05, 4.69) is 35.9 Å². The molecule has 0 bridgehead atoms. The SMILES string of the molecule is CCCCCCCCCc1ccc(-c2ncc(OC(=O)c3ccc(OCCCCCC)cc3F)cn2)cc1. The van der Waals surface area contributed by atoms with E-state index < -0.39 is 11.8 Å². The number of carbonyl (C=O) groups is 1. The Morgan fingerprint density at radius 3 is 2.05 bits per heavy atom. The molecule has 2 aromatic carbocycles. The summed E-state index contributed by atoms with van der Waals surface area (Å²) in [6.07, 6.45) is 17.3. The maximum absolute atomic E-state index is 14.5. The van der Waals surface area contributed by atoms with Gasteiger partial charge in [-0.2, -0.15) is 0 Å². The highest BCUT2D eigenvalue weighted by atomic mass is 19.1. The lowest BCUT2D eigenvalue weighted by atomic mass is 10.0. The van der Waals surface area contributed by atoms with Gasteiger partial charge in [0.2, 0.25) is 0 Å². The van der Waals surface area contributed by atoms with Crippen LogP contribution in [0.5, 0.6) is 11.5 Å². The molecular weight excluding hydrogens is 479 g/mol. The minimum absolute atomic E-state index is 0.157. The van der Waals surface area contributed by atoms with Gasteiger partial charge in [0.05, 0.1) is 24.6 Å². The lowest BCUT2D eigenvalue weighted by molar-refractivity contribution is 0.0728. The molecule has 0 N–H and O–H groups in total. The van der Waals surface area contributed by atoms with Crippen LogP contribution in [0.25, 0.3) is 11.4 Å². The molecule has 38 heavy (non-hydrogen) atoms. The van der Waals surface area contributed by atoms with Crippen LogP contribution >= 0.6 is 0 Å². The summed E-state index contributed by atoms with van der Waals surface area (Å²) in [5.74, 6) is -0.390. The fourth-order valence-electron chi connectivity index (χ4n) is 4.26. The normalized spacial score (nSPS) is 10.9. The first kappa shape index (κ1) is 29.3. The second kappa shape index (κ2) is 16.5. The van der Waals surface area contributed by atoms with E-state index in [-0.39, 0.29) is 11.3 Å². The maximum Gasteiger partial charge on any atom is 0.346 e. The molecule has 204 valence electrons. The van der Waals surface area contributed by atoms with E-state index in [9.17, 15) is 9.18 Å². The fourth-order valence-corrected chi connectivity index (χ4v) is 4.26. The molecule has 0 saturated carbocycles. The molecule has 0 atom stereocenters. The Kier molecular flexibility index (Phi) is 12.7. The summed E-state index contributed by atoms with van der Waals surface area (Å²) >= 11 is 0. The monoisotopic (exact) mass is 520 g/mol. The van der Waals surface area contributed by atoms with E-state index in [1.165, 1.54) is 75.0 Å². The summed E-state index contributed by atoms with van der Waals surface area (Å²) in [6, 6.07) is 12.4. The zero-order valence-corrected chi connectivity index (χ0v) is 22.9. The molecule has 0 amide bonds. The summed E-state index contributed by atoms with van der Waals surface area (Å²) in [5.41, 5.74) is 2.04. The van der Waals surface area contributed by atoms with Gasteiger partial charge in [0.1, 0.15) is 11.6 Å². The van der Waals surface area contributed by atoms with Gasteiger partial charge < -0.3 is 9.47 Å². The molecule has 3 rings (SSSR count). The van der Waals surface area contributed by atoms with E-state index in [4.69, 9.17) is 9.47 Å². The molecule has 5 nitrogen and oxygen atoms in total. The number of halogens is 1. The first-order chi connectivity index (χ1) is 18.6. The van der Waals surface area contributed by atoms with Crippen LogP contribution in [0, 0.1) is 5.82 Å². The van der Waals surface area contributed by atoms with Crippen molar-refractivity contribution in [2.24, 2.45) is 0 Å². The van der Waals surface area contributed by atoms with Crippen LogP contribution in [0.4, 0.5) is 4.39 Å². The molecule has 6 heteroatoms. The number of hydrogen-bond donors (Lipinski definition) is 0. The van der Waals surface area contributed by atoms with Crippen LogP contribution in [-0.2, 0) is 6.42 Å². The number of esters is 1. The van der Waals surface area contributed by atoms with Crippen molar-refractivity contribution in [3.05, 3.63) is 71.8 Å². The van der Waals surface area contributed by atoms with E-state index in [0.717, 1.165) is 37.7 Å². The predicted molar refractivity (Wildman–Crippen MR) is 150 cm³/mol. The Labute approximate surface area is 226 Å². The van der Waals surface area contributed by atoms with Crippen LogP contribution in [0.1, 0.15) is 100 Å². The average Bonchev–Trinajstić information content (AvgIpc) is 2.93. The van der Waals surface area contributed by atoms with E-state index in [1.54, 1.807) is 6.07 Å². The number of benzene rings is 2. The first-order valence-electron chi connectivity index (χ1n) is 14.2. The van der Waals surface area contributed by atoms with Crippen molar-refractivity contribution in [1.82, 2.24) is 9.97 Å². The number of aromatic nitrogens is 2. The van der Waals surface area contributed by atoms with Crippen molar-refractivity contribution >= 4 is 5.97 Å². The third-order valence-electron chi connectivity index (χ3n) is 6.55. The standard InChI is InChI=1S/C32H41FN2O3/c1-3-5-7-9-10-11-12-14-25-15-17-26(18-16-25)31-34-23-28(24-35-31)38-32(36)29-20-19-27(22-30(29)33)37-21-13-8-6-4-2/h15-20,22-24H,3-14,21H2,1-2H3. The minimum Gasteiger partial charge on any atom is -0.493 e. The third-order valence-corrected chi connectivity index (χ3v) is 6.55. The highest BCUT2D eigenvalue weighted by molar-refractivity contribution is 5.91. The Bertz CT molecular complexity index is 1100. The highest BCUT2D eigenvalue weighted by Crippen LogP contribution is 2.21. The largest absolute Gasteiger partial charge is 0.493 e. The van der Waals surface area contributed by atoms with Crippen molar-refractivity contribution in [3.8, 4) is 22.9 Å². The second-order valence-corrected chi connectivity index (χ2v) is 9.75. The Balaban J connectivity index is 1.46. The molecule has 3 aromatic rings. The summed E-state index contributed by atoms with van der Waals surface area (Å²) in [5, 5.41) is 0. The molecule has 0 spiro atoms. The Morgan fingerprint density at radius 1 is 0.763 bits per heavy atom. The van der Waals surface area contributed by atoms with Gasteiger partial charge in [-0.25, -0.2) is 19.2 Å². The van der Waals surface area contributed by atoms with E-state index >= 15 is 0 Å². The van der Waals surface area contributed by atoms with E-state index in [1.807, 2.05) is 12.1 Å². The van der Waals surface area contributed by atoms with Gasteiger partial charge in [-0.1, -0.05) is 95.9 Å². The van der Waals surface area contributed by atoms with Gasteiger partial charge in [0.15, 0.2) is 11.6 Å². The number of rotatable bonds is 17. The molecule has 0 aliphatic heterocycles. The van der Waals surface area contributed by atoms with Crippen LogP contribution in [0.15, 0.2) is 54.9 Å². The predicted octanol–water partition coefficient (Wildman–Crippen LogP) is 8.75. The highest BCUT2D eigenvalue weighted by Gasteiger charge is 2.16. The molecule has 0 saturated heterocycles. The zero-order valence-electron chi connectivity index (χ0n) is 22.9. The quantitative estimate of drug-likeness (QED) is 0.131. The molecule has 0 unspecified atom stereocenters. The van der Waals surface area contributed by atoms with Crippen molar-refractivity contribution in [1.29, 1.82) is 0 Å². The van der Waals surface area contributed by atoms with Gasteiger partial charge >= 0.3 is 5.97 Å². The number of aryl methyl sites for hydroxylation is 1. The Morgan fingerprint density at radius 2 is 1.39 bits per heavy atom. The average molecular weight is 521 g/mol. The molecule has 0 fully saturated rings.